The Bertz CT molecular complexity index is 587. The van der Waals surface area contributed by atoms with Gasteiger partial charge in [-0.05, 0) is 69.9 Å². The summed E-state index contributed by atoms with van der Waals surface area (Å²) in [7, 11) is 0. The molecule has 1 fully saturated rings. The number of hydrogen-bond donors (Lipinski definition) is 2. The topological polar surface area (TPSA) is 76.1 Å². The fraction of sp³-hybridized carbons (Fsp3) is 0.706. The van der Waals surface area contributed by atoms with E-state index in [-0.39, 0.29) is 17.2 Å². The zero-order valence-electron chi connectivity index (χ0n) is 14.9. The lowest BCUT2D eigenvalue weighted by Crippen LogP contribution is -2.36. The zero-order chi connectivity index (χ0) is 18.4. The van der Waals surface area contributed by atoms with Crippen LogP contribution >= 0.6 is 11.6 Å². The fourth-order valence-corrected chi connectivity index (χ4v) is 3.03. The first kappa shape index (κ1) is 19.7. The summed E-state index contributed by atoms with van der Waals surface area (Å²) in [5.41, 5.74) is -0.480. The number of nitrogens with zero attached hydrogens (tertiary/aromatic N) is 2. The fourth-order valence-electron chi connectivity index (χ4n) is 2.89. The lowest BCUT2D eigenvalue weighted by atomic mass is 9.82. The molecule has 0 saturated heterocycles. The van der Waals surface area contributed by atoms with E-state index >= 15 is 0 Å². The Balaban J connectivity index is 1.68. The molecule has 1 amide bonds. The normalized spacial score (nSPS) is 20.8. The van der Waals surface area contributed by atoms with Gasteiger partial charge in [0.1, 0.15) is 5.60 Å². The Morgan fingerprint density at radius 1 is 1.28 bits per heavy atom. The van der Waals surface area contributed by atoms with E-state index in [0.717, 1.165) is 31.9 Å². The molecule has 2 N–H and O–H groups in total. The summed E-state index contributed by atoms with van der Waals surface area (Å²) in [6.07, 6.45) is 4.79. The zero-order valence-corrected chi connectivity index (χ0v) is 15.7. The molecular formula is C17H26ClFN4O2. The number of hydrogen-bond acceptors (Lipinski definition) is 5. The number of amides is 1. The van der Waals surface area contributed by atoms with Crippen LogP contribution in [0.3, 0.4) is 0 Å². The van der Waals surface area contributed by atoms with E-state index in [0.29, 0.717) is 24.9 Å². The number of aromatic nitrogens is 2. The van der Waals surface area contributed by atoms with E-state index in [9.17, 15) is 9.18 Å². The predicted octanol–water partition coefficient (Wildman–Crippen LogP) is 4.01. The first-order valence-electron chi connectivity index (χ1n) is 8.61. The Morgan fingerprint density at radius 3 is 2.48 bits per heavy atom. The first-order chi connectivity index (χ1) is 11.7. The van der Waals surface area contributed by atoms with E-state index in [1.54, 1.807) is 0 Å². The molecule has 0 unspecified atom stereocenters. The Labute approximate surface area is 152 Å². The van der Waals surface area contributed by atoms with E-state index in [4.69, 9.17) is 16.3 Å². The van der Waals surface area contributed by atoms with Gasteiger partial charge >= 0.3 is 6.09 Å². The number of alkyl carbamates (subject to hydrolysis) is 1. The highest BCUT2D eigenvalue weighted by Gasteiger charge is 2.23. The lowest BCUT2D eigenvalue weighted by Gasteiger charge is -2.29. The lowest BCUT2D eigenvalue weighted by molar-refractivity contribution is 0.0513. The second-order valence-corrected chi connectivity index (χ2v) is 7.82. The van der Waals surface area contributed by atoms with Crippen molar-refractivity contribution in [3.05, 3.63) is 17.3 Å². The molecule has 1 aliphatic carbocycles. The molecule has 0 spiro atoms. The van der Waals surface area contributed by atoms with Gasteiger partial charge in [-0.2, -0.15) is 4.98 Å². The molecule has 1 heterocycles. The number of ether oxygens (including phenoxy) is 1. The summed E-state index contributed by atoms with van der Waals surface area (Å²) in [5.74, 6) is 0.549. The van der Waals surface area contributed by atoms with Gasteiger partial charge in [0, 0.05) is 13.1 Å². The summed E-state index contributed by atoms with van der Waals surface area (Å²) in [4.78, 5) is 19.1. The molecule has 140 valence electrons. The van der Waals surface area contributed by atoms with Gasteiger partial charge in [-0.15, -0.1) is 0 Å². The van der Waals surface area contributed by atoms with Crippen LogP contribution < -0.4 is 10.6 Å². The molecular weight excluding hydrogens is 347 g/mol. The van der Waals surface area contributed by atoms with Crippen LogP contribution in [0.25, 0.3) is 0 Å². The van der Waals surface area contributed by atoms with E-state index in [1.165, 1.54) is 0 Å². The minimum atomic E-state index is -0.500. The van der Waals surface area contributed by atoms with Crippen molar-refractivity contribution in [1.82, 2.24) is 15.3 Å². The van der Waals surface area contributed by atoms with Gasteiger partial charge in [0.05, 0.1) is 6.20 Å². The van der Waals surface area contributed by atoms with Crippen LogP contribution in [0.5, 0.6) is 0 Å². The van der Waals surface area contributed by atoms with Crippen molar-refractivity contribution in [2.45, 2.75) is 52.1 Å². The number of rotatable bonds is 5. The van der Waals surface area contributed by atoms with Crippen LogP contribution in [0, 0.1) is 17.7 Å². The second kappa shape index (κ2) is 8.65. The first-order valence-corrected chi connectivity index (χ1v) is 8.99. The summed E-state index contributed by atoms with van der Waals surface area (Å²) < 4.78 is 18.8. The Kier molecular flexibility index (Phi) is 6.81. The maximum absolute atomic E-state index is 13.6. The third-order valence-corrected chi connectivity index (χ3v) is 4.36. The molecule has 0 atom stereocenters. The van der Waals surface area contributed by atoms with Crippen molar-refractivity contribution in [2.75, 3.05) is 18.4 Å². The van der Waals surface area contributed by atoms with Crippen molar-refractivity contribution >= 4 is 23.5 Å². The molecule has 2 rings (SSSR count). The predicted molar refractivity (Wildman–Crippen MR) is 95.2 cm³/mol. The van der Waals surface area contributed by atoms with Crippen molar-refractivity contribution < 1.29 is 13.9 Å². The minimum absolute atomic E-state index is 0.0285. The van der Waals surface area contributed by atoms with Gasteiger partial charge in [-0.3, -0.25) is 0 Å². The third kappa shape index (κ3) is 7.02. The minimum Gasteiger partial charge on any atom is -0.444 e. The average Bonchev–Trinajstić information content (AvgIpc) is 2.53. The van der Waals surface area contributed by atoms with Gasteiger partial charge in [0.25, 0.3) is 0 Å². The summed E-state index contributed by atoms with van der Waals surface area (Å²) in [5, 5.41) is 5.88. The van der Waals surface area contributed by atoms with Crippen LogP contribution in [0.2, 0.25) is 5.28 Å². The van der Waals surface area contributed by atoms with Gasteiger partial charge in [0.2, 0.25) is 5.28 Å². The van der Waals surface area contributed by atoms with Crippen molar-refractivity contribution in [3.8, 4) is 0 Å². The average molecular weight is 373 g/mol. The van der Waals surface area contributed by atoms with Crippen LogP contribution in [0.4, 0.5) is 15.0 Å². The molecule has 0 bridgehead atoms. The van der Waals surface area contributed by atoms with Crippen LogP contribution in [0.1, 0.15) is 46.5 Å². The van der Waals surface area contributed by atoms with Crippen molar-refractivity contribution in [1.29, 1.82) is 0 Å². The van der Waals surface area contributed by atoms with Gasteiger partial charge in [-0.25, -0.2) is 14.2 Å². The molecule has 8 heteroatoms. The van der Waals surface area contributed by atoms with Crippen LogP contribution in [-0.2, 0) is 4.74 Å². The van der Waals surface area contributed by atoms with Crippen molar-refractivity contribution in [3.63, 3.8) is 0 Å². The molecule has 1 aliphatic rings. The van der Waals surface area contributed by atoms with E-state index < -0.39 is 11.4 Å². The maximum atomic E-state index is 13.6. The summed E-state index contributed by atoms with van der Waals surface area (Å²) >= 11 is 5.68. The van der Waals surface area contributed by atoms with Crippen LogP contribution in [-0.4, -0.2) is 34.8 Å². The smallest absolute Gasteiger partial charge is 0.407 e. The number of halogens is 2. The van der Waals surface area contributed by atoms with E-state index in [1.807, 2.05) is 20.8 Å². The van der Waals surface area contributed by atoms with Gasteiger partial charge in [-0.1, -0.05) is 0 Å². The molecule has 1 aromatic heterocycles. The number of carbonyl (C=O) groups is 1. The Hall–Kier alpha value is -1.63. The highest BCUT2D eigenvalue weighted by Crippen LogP contribution is 2.28. The summed E-state index contributed by atoms with van der Waals surface area (Å²) in [6.45, 7) is 6.82. The third-order valence-electron chi connectivity index (χ3n) is 4.17. The SMILES string of the molecule is CC(C)(C)OC(=O)NCC1CCC(CNc2nc(Cl)ncc2F)CC1. The van der Waals surface area contributed by atoms with Gasteiger partial charge in [0.15, 0.2) is 11.6 Å². The van der Waals surface area contributed by atoms with Crippen molar-refractivity contribution in [2.24, 2.45) is 11.8 Å². The maximum Gasteiger partial charge on any atom is 0.407 e. The molecule has 6 nitrogen and oxygen atoms in total. The monoisotopic (exact) mass is 372 g/mol. The highest BCUT2D eigenvalue weighted by molar-refractivity contribution is 6.28. The molecule has 25 heavy (non-hydrogen) atoms. The molecule has 1 saturated carbocycles. The standard InChI is InChI=1S/C17H26ClFN4O2/c1-17(2,3)25-16(24)22-9-12-6-4-11(5-7-12)8-20-14-13(19)10-21-15(18)23-14/h10-12H,4-9H2,1-3H3,(H,22,24)(H,20,21,23). The molecule has 1 aromatic rings. The van der Waals surface area contributed by atoms with Gasteiger partial charge < -0.3 is 15.4 Å². The summed E-state index contributed by atoms with van der Waals surface area (Å²) in [6, 6.07) is 0. The van der Waals surface area contributed by atoms with E-state index in [2.05, 4.69) is 20.6 Å². The quantitative estimate of drug-likeness (QED) is 0.763. The largest absolute Gasteiger partial charge is 0.444 e. The Morgan fingerprint density at radius 2 is 1.88 bits per heavy atom. The highest BCUT2D eigenvalue weighted by atomic mass is 35.5. The van der Waals surface area contributed by atoms with Crippen LogP contribution in [0.15, 0.2) is 6.20 Å². The number of nitrogens with one attached hydrogen (secondary N) is 2. The number of anilines is 1. The second-order valence-electron chi connectivity index (χ2n) is 7.49. The number of carbonyl (C=O) groups excluding carboxylic acids is 1. The molecule has 0 aliphatic heterocycles. The molecule has 0 aromatic carbocycles. The molecule has 0 radical (unpaired) electrons.